The molecule has 130 valence electrons. The molecular formula is C18H19N3O3S. The highest BCUT2D eigenvalue weighted by molar-refractivity contribution is 7.14. The van der Waals surface area contributed by atoms with Crippen LogP contribution in [0, 0.1) is 16.7 Å². The summed E-state index contributed by atoms with van der Waals surface area (Å²) >= 11 is 1.32. The van der Waals surface area contributed by atoms with Gasteiger partial charge in [0.25, 0.3) is 0 Å². The smallest absolute Gasteiger partial charge is 0.246 e. The van der Waals surface area contributed by atoms with Crippen LogP contribution in [0.4, 0.5) is 5.13 Å². The first-order valence-corrected chi connectivity index (χ1v) is 8.90. The highest BCUT2D eigenvalue weighted by Crippen LogP contribution is 2.39. The van der Waals surface area contributed by atoms with Gasteiger partial charge in [0.1, 0.15) is 16.9 Å². The highest BCUT2D eigenvalue weighted by Gasteiger charge is 2.41. The van der Waals surface area contributed by atoms with Crippen LogP contribution in [0.25, 0.3) is 11.3 Å². The van der Waals surface area contributed by atoms with Gasteiger partial charge in [-0.2, -0.15) is 5.26 Å². The van der Waals surface area contributed by atoms with E-state index in [1.165, 1.54) is 11.3 Å². The first-order chi connectivity index (χ1) is 12.1. The Labute approximate surface area is 150 Å². The van der Waals surface area contributed by atoms with Gasteiger partial charge in [-0.1, -0.05) is 12.8 Å². The topological polar surface area (TPSA) is 84.2 Å². The molecule has 3 rings (SSSR count). The Hall–Kier alpha value is -2.59. The molecular weight excluding hydrogens is 338 g/mol. The van der Waals surface area contributed by atoms with Gasteiger partial charge in [0.05, 0.1) is 26.0 Å². The van der Waals surface area contributed by atoms with E-state index in [1.54, 1.807) is 14.2 Å². The molecule has 0 unspecified atom stereocenters. The van der Waals surface area contributed by atoms with Crippen LogP contribution < -0.4 is 14.8 Å². The Morgan fingerprint density at radius 2 is 2.08 bits per heavy atom. The van der Waals surface area contributed by atoms with E-state index in [2.05, 4.69) is 16.4 Å². The van der Waals surface area contributed by atoms with Crippen LogP contribution in [0.15, 0.2) is 23.6 Å². The molecule has 0 radical (unpaired) electrons. The second kappa shape index (κ2) is 7.11. The molecule has 1 fully saturated rings. The van der Waals surface area contributed by atoms with E-state index >= 15 is 0 Å². The Kier molecular flexibility index (Phi) is 4.91. The minimum absolute atomic E-state index is 0.258. The van der Waals surface area contributed by atoms with Crippen molar-refractivity contribution < 1.29 is 14.3 Å². The molecule has 0 aliphatic heterocycles. The molecule has 2 aromatic rings. The van der Waals surface area contributed by atoms with Crippen molar-refractivity contribution in [3.05, 3.63) is 23.6 Å². The van der Waals surface area contributed by atoms with Crippen LogP contribution in [-0.4, -0.2) is 25.1 Å². The lowest BCUT2D eigenvalue weighted by molar-refractivity contribution is -0.122. The van der Waals surface area contributed by atoms with Crippen molar-refractivity contribution in [1.82, 2.24) is 4.98 Å². The zero-order valence-electron chi connectivity index (χ0n) is 14.2. The van der Waals surface area contributed by atoms with Crippen molar-refractivity contribution in [3.8, 4) is 28.8 Å². The molecule has 25 heavy (non-hydrogen) atoms. The fourth-order valence-corrected chi connectivity index (χ4v) is 3.76. The maximum absolute atomic E-state index is 12.5. The minimum atomic E-state index is -0.917. The molecule has 6 nitrogen and oxygen atoms in total. The predicted molar refractivity (Wildman–Crippen MR) is 95.8 cm³/mol. The third kappa shape index (κ3) is 3.30. The number of benzene rings is 1. The van der Waals surface area contributed by atoms with Crippen LogP contribution >= 0.6 is 11.3 Å². The van der Waals surface area contributed by atoms with Gasteiger partial charge in [-0.15, -0.1) is 11.3 Å². The summed E-state index contributed by atoms with van der Waals surface area (Å²) in [6.45, 7) is 0. The summed E-state index contributed by atoms with van der Waals surface area (Å²) in [5.74, 6) is 1.11. The molecule has 0 bridgehead atoms. The number of thiazole rings is 1. The molecule has 1 aliphatic rings. The van der Waals surface area contributed by atoms with E-state index in [1.807, 2.05) is 23.6 Å². The lowest BCUT2D eigenvalue weighted by atomic mass is 9.87. The van der Waals surface area contributed by atoms with Crippen LogP contribution in [0.1, 0.15) is 25.7 Å². The van der Waals surface area contributed by atoms with E-state index in [4.69, 9.17) is 9.47 Å². The Morgan fingerprint density at radius 3 is 2.72 bits per heavy atom. The number of methoxy groups -OCH3 is 2. The van der Waals surface area contributed by atoms with Crippen molar-refractivity contribution in [2.24, 2.45) is 5.41 Å². The van der Waals surface area contributed by atoms with Crippen LogP contribution in [-0.2, 0) is 4.79 Å². The number of nitrogens with one attached hydrogen (secondary N) is 1. The summed E-state index contributed by atoms with van der Waals surface area (Å²) in [6.07, 6.45) is 3.03. The maximum Gasteiger partial charge on any atom is 0.246 e. The van der Waals surface area contributed by atoms with Gasteiger partial charge in [-0.3, -0.25) is 4.79 Å². The lowest BCUT2D eigenvalue weighted by Gasteiger charge is -2.17. The van der Waals surface area contributed by atoms with E-state index in [0.717, 1.165) is 18.4 Å². The van der Waals surface area contributed by atoms with Gasteiger partial charge in [0.15, 0.2) is 5.13 Å². The highest BCUT2D eigenvalue weighted by atomic mass is 32.1. The minimum Gasteiger partial charge on any atom is -0.497 e. The molecule has 1 aromatic carbocycles. The second-order valence-electron chi connectivity index (χ2n) is 5.96. The number of amides is 1. The number of nitrogens with zero attached hydrogens (tertiary/aromatic N) is 2. The summed E-state index contributed by atoms with van der Waals surface area (Å²) in [6, 6.07) is 7.67. The van der Waals surface area contributed by atoms with Crippen LogP contribution in [0.3, 0.4) is 0 Å². The SMILES string of the molecule is COc1ccc(OC)c(-c2csc(NC(=O)C3(C#N)CCCC3)n2)c1. The molecule has 0 spiro atoms. The largest absolute Gasteiger partial charge is 0.497 e. The monoisotopic (exact) mass is 357 g/mol. The molecule has 1 heterocycles. The van der Waals surface area contributed by atoms with Crippen LogP contribution in [0.2, 0.25) is 0 Å². The summed E-state index contributed by atoms with van der Waals surface area (Å²) in [7, 11) is 3.19. The number of nitriles is 1. The number of anilines is 1. The van der Waals surface area contributed by atoms with E-state index in [9.17, 15) is 10.1 Å². The maximum atomic E-state index is 12.5. The summed E-state index contributed by atoms with van der Waals surface area (Å²) in [4.78, 5) is 17.0. The molecule has 1 N–H and O–H groups in total. The van der Waals surface area contributed by atoms with Crippen molar-refractivity contribution in [2.45, 2.75) is 25.7 Å². The standard InChI is InChI=1S/C18H19N3O3S/c1-23-12-5-6-15(24-2)13(9-12)14-10-25-17(20-14)21-16(22)18(11-19)7-3-4-8-18/h5-6,9-10H,3-4,7-8H2,1-2H3,(H,20,21,22). The Morgan fingerprint density at radius 1 is 1.32 bits per heavy atom. The number of carbonyl (C=O) groups is 1. The van der Waals surface area contributed by atoms with Crippen molar-refractivity contribution in [2.75, 3.05) is 19.5 Å². The Bertz CT molecular complexity index is 819. The average molecular weight is 357 g/mol. The van der Waals surface area contributed by atoms with Gasteiger partial charge in [-0.05, 0) is 31.0 Å². The zero-order chi connectivity index (χ0) is 17.9. The third-order valence-corrected chi connectivity index (χ3v) is 5.27. The average Bonchev–Trinajstić information content (AvgIpc) is 3.31. The Balaban J connectivity index is 1.84. The summed E-state index contributed by atoms with van der Waals surface area (Å²) < 4.78 is 10.6. The normalized spacial score (nSPS) is 15.4. The summed E-state index contributed by atoms with van der Waals surface area (Å²) in [5, 5.41) is 14.5. The fourth-order valence-electron chi connectivity index (χ4n) is 3.05. The van der Waals surface area contributed by atoms with Gasteiger partial charge >= 0.3 is 0 Å². The lowest BCUT2D eigenvalue weighted by Crippen LogP contribution is -2.32. The van der Waals surface area contributed by atoms with Gasteiger partial charge in [-0.25, -0.2) is 4.98 Å². The van der Waals surface area contributed by atoms with E-state index < -0.39 is 5.41 Å². The molecule has 0 saturated heterocycles. The van der Waals surface area contributed by atoms with Gasteiger partial charge in [0.2, 0.25) is 5.91 Å². The number of aromatic nitrogens is 1. The molecule has 1 aliphatic carbocycles. The molecule has 1 saturated carbocycles. The number of carbonyl (C=O) groups excluding carboxylic acids is 1. The van der Waals surface area contributed by atoms with Gasteiger partial charge in [0, 0.05) is 10.9 Å². The van der Waals surface area contributed by atoms with Crippen molar-refractivity contribution in [1.29, 1.82) is 5.26 Å². The summed E-state index contributed by atoms with van der Waals surface area (Å²) in [5.41, 5.74) is 0.558. The van der Waals surface area contributed by atoms with E-state index in [0.29, 0.717) is 35.2 Å². The fraction of sp³-hybridized carbons (Fsp3) is 0.389. The second-order valence-corrected chi connectivity index (χ2v) is 6.82. The number of hydrogen-bond donors (Lipinski definition) is 1. The zero-order valence-corrected chi connectivity index (χ0v) is 15.0. The number of hydrogen-bond acceptors (Lipinski definition) is 6. The number of rotatable bonds is 5. The predicted octanol–water partition coefficient (Wildman–Crippen LogP) is 3.85. The quantitative estimate of drug-likeness (QED) is 0.878. The van der Waals surface area contributed by atoms with Crippen molar-refractivity contribution in [3.63, 3.8) is 0 Å². The van der Waals surface area contributed by atoms with E-state index in [-0.39, 0.29) is 5.91 Å². The van der Waals surface area contributed by atoms with Crippen molar-refractivity contribution >= 4 is 22.4 Å². The molecule has 1 aromatic heterocycles. The number of ether oxygens (including phenoxy) is 2. The van der Waals surface area contributed by atoms with Crippen LogP contribution in [0.5, 0.6) is 11.5 Å². The third-order valence-electron chi connectivity index (χ3n) is 4.51. The first-order valence-electron chi connectivity index (χ1n) is 8.02. The molecule has 1 amide bonds. The van der Waals surface area contributed by atoms with Gasteiger partial charge < -0.3 is 14.8 Å². The first kappa shape index (κ1) is 17.2. The molecule has 7 heteroatoms. The molecule has 0 atom stereocenters.